The molecule has 0 aromatic heterocycles. The summed E-state index contributed by atoms with van der Waals surface area (Å²) in [5, 5.41) is 2.63. The van der Waals surface area contributed by atoms with Crippen LogP contribution in [0.15, 0.2) is 42.5 Å². The fourth-order valence-electron chi connectivity index (χ4n) is 4.69. The number of rotatable bonds is 5. The molecule has 0 aliphatic carbocycles. The number of carbonyl (C=O) groups excluding carboxylic acids is 2. The molecule has 0 atom stereocenters. The molecule has 2 aromatic rings. The predicted octanol–water partition coefficient (Wildman–Crippen LogP) is -0.576. The fourth-order valence-corrected chi connectivity index (χ4v) is 4.69. The van der Waals surface area contributed by atoms with E-state index in [1.807, 2.05) is 11.8 Å². The van der Waals surface area contributed by atoms with Crippen molar-refractivity contribution in [3.05, 3.63) is 48.0 Å². The van der Waals surface area contributed by atoms with Crippen LogP contribution in [-0.4, -0.2) is 87.3 Å². The van der Waals surface area contributed by atoms with Crippen LogP contribution in [0.3, 0.4) is 0 Å². The summed E-state index contributed by atoms with van der Waals surface area (Å²) in [6.45, 7) is 10.3. The molecule has 166 valence electrons. The van der Waals surface area contributed by atoms with Crippen molar-refractivity contribution in [3.8, 4) is 0 Å². The number of benzene rings is 2. The molecule has 2 aromatic carbocycles. The number of nitrogens with one attached hydrogen (secondary N) is 2. The Balaban J connectivity index is 1.23. The molecule has 2 saturated heterocycles. The maximum absolute atomic E-state index is 12.8. The van der Waals surface area contributed by atoms with Gasteiger partial charge in [0, 0.05) is 5.56 Å². The van der Waals surface area contributed by atoms with E-state index in [1.54, 1.807) is 4.90 Å². The number of carbonyl (C=O) groups is 2. The van der Waals surface area contributed by atoms with E-state index in [2.05, 4.69) is 42.5 Å². The second-order valence-corrected chi connectivity index (χ2v) is 8.56. The highest BCUT2D eigenvalue weighted by atomic mass is 16.6. The summed E-state index contributed by atoms with van der Waals surface area (Å²) < 4.78 is 5.07. The van der Waals surface area contributed by atoms with Crippen molar-refractivity contribution in [1.29, 1.82) is 0 Å². The van der Waals surface area contributed by atoms with Gasteiger partial charge in [0.05, 0.1) is 59.0 Å². The molecule has 0 spiro atoms. The first kappa shape index (κ1) is 21.6. The molecule has 2 N–H and O–H groups in total. The van der Waals surface area contributed by atoms with Crippen LogP contribution < -0.4 is 9.80 Å². The van der Waals surface area contributed by atoms with E-state index < -0.39 is 0 Å². The Labute approximate surface area is 184 Å². The van der Waals surface area contributed by atoms with Gasteiger partial charge >= 0.3 is 6.09 Å². The van der Waals surface area contributed by atoms with Crippen LogP contribution in [0.25, 0.3) is 10.8 Å². The Bertz CT molecular complexity index is 897. The molecule has 2 amide bonds. The van der Waals surface area contributed by atoms with Gasteiger partial charge in [-0.1, -0.05) is 42.5 Å². The highest BCUT2D eigenvalue weighted by Gasteiger charge is 2.30. The van der Waals surface area contributed by atoms with Crippen molar-refractivity contribution in [2.45, 2.75) is 13.5 Å². The van der Waals surface area contributed by atoms with Gasteiger partial charge in [-0.15, -0.1) is 0 Å². The lowest BCUT2D eigenvalue weighted by Gasteiger charge is -2.35. The average molecular weight is 427 g/mol. The molecule has 0 radical (unpaired) electrons. The van der Waals surface area contributed by atoms with Gasteiger partial charge in [0.2, 0.25) is 0 Å². The lowest BCUT2D eigenvalue weighted by molar-refractivity contribution is -0.918. The van der Waals surface area contributed by atoms with E-state index in [0.717, 1.165) is 45.8 Å². The van der Waals surface area contributed by atoms with Gasteiger partial charge in [-0.25, -0.2) is 4.79 Å². The number of hydrogen-bond donors (Lipinski definition) is 2. The molecule has 4 rings (SSSR count). The van der Waals surface area contributed by atoms with Gasteiger partial charge in [0.15, 0.2) is 6.54 Å². The summed E-state index contributed by atoms with van der Waals surface area (Å²) in [6, 6.07) is 15.1. The van der Waals surface area contributed by atoms with E-state index in [-0.39, 0.29) is 12.0 Å². The zero-order valence-corrected chi connectivity index (χ0v) is 18.4. The standard InChI is InChI=1S/C24H32N4O3/c1-2-31-24(30)28-16-12-26(13-17-28)19-23(29)27-14-10-25(11-15-27)18-21-8-5-7-20-6-3-4-9-22(20)21/h3-9H,2,10-19H2,1H3/p+2. The minimum absolute atomic E-state index is 0.238. The van der Waals surface area contributed by atoms with Crippen LogP contribution in [-0.2, 0) is 16.1 Å². The topological polar surface area (TPSA) is 58.7 Å². The second kappa shape index (κ2) is 10.1. The molecule has 31 heavy (non-hydrogen) atoms. The number of fused-ring (bicyclic) bond motifs is 1. The zero-order chi connectivity index (χ0) is 21.6. The minimum Gasteiger partial charge on any atom is -0.450 e. The van der Waals surface area contributed by atoms with Gasteiger partial charge in [0.25, 0.3) is 5.91 Å². The fraction of sp³-hybridized carbons (Fsp3) is 0.500. The molecule has 7 nitrogen and oxygen atoms in total. The zero-order valence-electron chi connectivity index (χ0n) is 18.4. The Morgan fingerprint density at radius 2 is 1.52 bits per heavy atom. The summed E-state index contributed by atoms with van der Waals surface area (Å²) in [4.78, 5) is 31.2. The molecule has 2 aliphatic rings. The Morgan fingerprint density at radius 3 is 2.26 bits per heavy atom. The summed E-state index contributed by atoms with van der Waals surface area (Å²) in [6.07, 6.45) is -0.238. The van der Waals surface area contributed by atoms with Gasteiger partial charge in [0.1, 0.15) is 6.54 Å². The molecule has 0 bridgehead atoms. The van der Waals surface area contributed by atoms with Crippen LogP contribution in [0.4, 0.5) is 4.79 Å². The van der Waals surface area contributed by atoms with Crippen LogP contribution >= 0.6 is 0 Å². The number of nitrogens with zero attached hydrogens (tertiary/aromatic N) is 2. The van der Waals surface area contributed by atoms with Crippen molar-refractivity contribution in [3.63, 3.8) is 0 Å². The highest BCUT2D eigenvalue weighted by Crippen LogP contribution is 2.17. The summed E-state index contributed by atoms with van der Waals surface area (Å²) in [5.74, 6) is 0.240. The third kappa shape index (κ3) is 5.35. The Morgan fingerprint density at radius 1 is 0.871 bits per heavy atom. The van der Waals surface area contributed by atoms with Crippen LogP contribution in [0.1, 0.15) is 12.5 Å². The van der Waals surface area contributed by atoms with Crippen molar-refractivity contribution in [2.24, 2.45) is 0 Å². The van der Waals surface area contributed by atoms with Gasteiger partial charge in [-0.3, -0.25) is 9.69 Å². The van der Waals surface area contributed by atoms with Crippen molar-refractivity contribution in [2.75, 3.05) is 65.5 Å². The molecule has 0 saturated carbocycles. The number of amides is 2. The maximum atomic E-state index is 12.8. The van der Waals surface area contributed by atoms with Crippen LogP contribution in [0, 0.1) is 0 Å². The van der Waals surface area contributed by atoms with Crippen molar-refractivity contribution < 1.29 is 24.1 Å². The second-order valence-electron chi connectivity index (χ2n) is 8.56. The number of piperazine rings is 2. The highest BCUT2D eigenvalue weighted by molar-refractivity contribution is 5.85. The first-order valence-corrected chi connectivity index (χ1v) is 11.5. The quantitative estimate of drug-likeness (QED) is 0.673. The van der Waals surface area contributed by atoms with Crippen LogP contribution in [0.2, 0.25) is 0 Å². The van der Waals surface area contributed by atoms with E-state index in [0.29, 0.717) is 26.2 Å². The number of ether oxygens (including phenoxy) is 1. The molecule has 2 heterocycles. The summed E-state index contributed by atoms with van der Waals surface area (Å²) >= 11 is 0. The molecule has 2 fully saturated rings. The lowest BCUT2D eigenvalue weighted by Crippen LogP contribution is -3.16. The number of quaternary nitrogens is 2. The monoisotopic (exact) mass is 426 g/mol. The smallest absolute Gasteiger partial charge is 0.410 e. The van der Waals surface area contributed by atoms with Gasteiger partial charge < -0.3 is 19.4 Å². The third-order valence-corrected chi connectivity index (χ3v) is 6.54. The normalized spacial score (nSPS) is 18.4. The lowest BCUT2D eigenvalue weighted by atomic mass is 10.0. The van der Waals surface area contributed by atoms with E-state index >= 15 is 0 Å². The Kier molecular flexibility index (Phi) is 7.04. The Hall–Kier alpha value is -2.64. The first-order chi connectivity index (χ1) is 15.1. The molecule has 2 aliphatic heterocycles. The third-order valence-electron chi connectivity index (χ3n) is 6.54. The van der Waals surface area contributed by atoms with E-state index in [9.17, 15) is 9.59 Å². The average Bonchev–Trinajstić information content (AvgIpc) is 2.80. The minimum atomic E-state index is -0.238. The molecular weight excluding hydrogens is 392 g/mol. The van der Waals surface area contributed by atoms with Gasteiger partial charge in [-0.2, -0.15) is 0 Å². The summed E-state index contributed by atoms with van der Waals surface area (Å²) in [5.41, 5.74) is 1.39. The van der Waals surface area contributed by atoms with Gasteiger partial charge in [-0.05, 0) is 17.7 Å². The van der Waals surface area contributed by atoms with E-state index in [1.165, 1.54) is 26.1 Å². The van der Waals surface area contributed by atoms with Crippen molar-refractivity contribution in [1.82, 2.24) is 9.80 Å². The predicted molar refractivity (Wildman–Crippen MR) is 119 cm³/mol. The van der Waals surface area contributed by atoms with Crippen molar-refractivity contribution >= 4 is 22.8 Å². The molecular formula is C24H34N4O3+2. The SMILES string of the molecule is CCOC(=O)N1CC[NH+](CC(=O)N2CC[NH+](Cc3cccc4ccccc34)CC2)CC1. The summed E-state index contributed by atoms with van der Waals surface area (Å²) in [7, 11) is 0. The maximum Gasteiger partial charge on any atom is 0.410 e. The van der Waals surface area contributed by atoms with E-state index in [4.69, 9.17) is 4.74 Å². The number of hydrogen-bond acceptors (Lipinski definition) is 3. The van der Waals surface area contributed by atoms with Crippen LogP contribution in [0.5, 0.6) is 0 Å². The first-order valence-electron chi connectivity index (χ1n) is 11.5. The molecule has 7 heteroatoms. The molecule has 0 unspecified atom stereocenters. The largest absolute Gasteiger partial charge is 0.450 e.